The van der Waals surface area contributed by atoms with Crippen LogP contribution in [0.3, 0.4) is 0 Å². The normalized spacial score (nSPS) is 21.2. The average molecular weight is 300 g/mol. The van der Waals surface area contributed by atoms with Gasteiger partial charge in [-0.2, -0.15) is 0 Å². The molecular weight excluding hydrogens is 268 g/mol. The Morgan fingerprint density at radius 1 is 1.29 bits per heavy atom. The second-order valence-electron chi connectivity index (χ2n) is 6.78. The molecule has 4 nitrogen and oxygen atoms in total. The molecule has 0 radical (unpaired) electrons. The van der Waals surface area contributed by atoms with E-state index in [2.05, 4.69) is 6.92 Å². The summed E-state index contributed by atoms with van der Waals surface area (Å²) in [6.07, 6.45) is 8.12. The zero-order valence-electron chi connectivity index (χ0n) is 14.1. The molecular formula is C17H32O4. The molecule has 0 aromatic rings. The number of hydrogen-bond acceptors (Lipinski definition) is 3. The van der Waals surface area contributed by atoms with E-state index in [1.165, 1.54) is 6.42 Å². The van der Waals surface area contributed by atoms with Gasteiger partial charge in [-0.05, 0) is 46.0 Å². The van der Waals surface area contributed by atoms with E-state index >= 15 is 0 Å². The first-order valence-corrected chi connectivity index (χ1v) is 8.49. The molecule has 2 atom stereocenters. The van der Waals surface area contributed by atoms with Crippen molar-refractivity contribution in [1.29, 1.82) is 0 Å². The Morgan fingerprint density at radius 2 is 1.90 bits per heavy atom. The zero-order valence-corrected chi connectivity index (χ0v) is 14.1. The predicted molar refractivity (Wildman–Crippen MR) is 82.9 cm³/mol. The van der Waals surface area contributed by atoms with Crippen LogP contribution < -0.4 is 0 Å². The molecule has 0 amide bonds. The number of hydrogen-bond donors (Lipinski definition) is 1. The fourth-order valence-corrected chi connectivity index (χ4v) is 3.35. The van der Waals surface area contributed by atoms with Gasteiger partial charge in [-0.15, -0.1) is 0 Å². The SMILES string of the molecule is CCCCC(C(=O)O)C(C)(OOC(C)C)C1CCCCC1. The molecule has 1 aliphatic carbocycles. The van der Waals surface area contributed by atoms with E-state index in [-0.39, 0.29) is 12.0 Å². The molecule has 0 aliphatic heterocycles. The van der Waals surface area contributed by atoms with Gasteiger partial charge < -0.3 is 5.11 Å². The third-order valence-electron chi connectivity index (χ3n) is 4.67. The number of aliphatic carboxylic acids is 1. The number of rotatable bonds is 9. The molecule has 2 unspecified atom stereocenters. The Bertz CT molecular complexity index is 310. The molecule has 1 aliphatic rings. The van der Waals surface area contributed by atoms with Crippen LogP contribution in [-0.4, -0.2) is 22.8 Å². The van der Waals surface area contributed by atoms with Crippen molar-refractivity contribution in [2.45, 2.75) is 90.8 Å². The van der Waals surface area contributed by atoms with Gasteiger partial charge in [0.1, 0.15) is 5.60 Å². The predicted octanol–water partition coefficient (Wildman–Crippen LogP) is 4.57. The van der Waals surface area contributed by atoms with Crippen LogP contribution in [0.5, 0.6) is 0 Å². The summed E-state index contributed by atoms with van der Waals surface area (Å²) in [5, 5.41) is 9.70. The fraction of sp³-hybridized carbons (Fsp3) is 0.941. The first-order valence-electron chi connectivity index (χ1n) is 8.49. The summed E-state index contributed by atoms with van der Waals surface area (Å²) in [6.45, 7) is 7.84. The van der Waals surface area contributed by atoms with Crippen LogP contribution in [0, 0.1) is 11.8 Å². The lowest BCUT2D eigenvalue weighted by Crippen LogP contribution is -2.49. The third-order valence-corrected chi connectivity index (χ3v) is 4.67. The maximum Gasteiger partial charge on any atom is 0.309 e. The molecule has 0 bridgehead atoms. The highest BCUT2D eigenvalue weighted by molar-refractivity contribution is 5.71. The Balaban J connectivity index is 2.92. The molecule has 124 valence electrons. The van der Waals surface area contributed by atoms with Crippen molar-refractivity contribution in [1.82, 2.24) is 0 Å². The van der Waals surface area contributed by atoms with E-state index < -0.39 is 17.5 Å². The molecule has 0 aromatic carbocycles. The van der Waals surface area contributed by atoms with Gasteiger partial charge in [0.25, 0.3) is 0 Å². The van der Waals surface area contributed by atoms with Crippen molar-refractivity contribution < 1.29 is 19.7 Å². The average Bonchev–Trinajstić information content (AvgIpc) is 2.46. The first kappa shape index (κ1) is 18.4. The van der Waals surface area contributed by atoms with Crippen LogP contribution in [0.15, 0.2) is 0 Å². The van der Waals surface area contributed by atoms with Crippen molar-refractivity contribution >= 4 is 5.97 Å². The van der Waals surface area contributed by atoms with Gasteiger partial charge in [0.2, 0.25) is 0 Å². The Labute approximate surface area is 129 Å². The van der Waals surface area contributed by atoms with Crippen LogP contribution in [0.2, 0.25) is 0 Å². The summed E-state index contributed by atoms with van der Waals surface area (Å²) in [5.74, 6) is -0.994. The smallest absolute Gasteiger partial charge is 0.309 e. The summed E-state index contributed by atoms with van der Waals surface area (Å²) in [4.78, 5) is 23.0. The summed E-state index contributed by atoms with van der Waals surface area (Å²) >= 11 is 0. The van der Waals surface area contributed by atoms with Crippen LogP contribution in [0.1, 0.15) is 79.1 Å². The van der Waals surface area contributed by atoms with Gasteiger partial charge in [0.15, 0.2) is 0 Å². The highest BCUT2D eigenvalue weighted by atomic mass is 17.2. The minimum atomic E-state index is -0.760. The molecule has 1 N–H and O–H groups in total. The zero-order chi connectivity index (χ0) is 15.9. The molecule has 0 aromatic heterocycles. The number of carboxylic acids is 1. The van der Waals surface area contributed by atoms with Gasteiger partial charge in [-0.25, -0.2) is 9.78 Å². The molecule has 4 heteroatoms. The van der Waals surface area contributed by atoms with Gasteiger partial charge >= 0.3 is 5.97 Å². The van der Waals surface area contributed by atoms with Gasteiger partial charge in [0, 0.05) is 0 Å². The van der Waals surface area contributed by atoms with Gasteiger partial charge in [-0.1, -0.05) is 39.0 Å². The van der Waals surface area contributed by atoms with Crippen molar-refractivity contribution in [3.8, 4) is 0 Å². The molecule has 1 fully saturated rings. The maximum atomic E-state index is 11.8. The van der Waals surface area contributed by atoms with Crippen molar-refractivity contribution in [2.75, 3.05) is 0 Å². The molecule has 0 spiro atoms. The van der Waals surface area contributed by atoms with Crippen LogP contribution in [0.4, 0.5) is 0 Å². The van der Waals surface area contributed by atoms with E-state index in [1.807, 2.05) is 20.8 Å². The third kappa shape index (κ3) is 5.26. The number of carboxylic acid groups (broad SMARTS) is 1. The second-order valence-corrected chi connectivity index (χ2v) is 6.78. The molecule has 0 saturated heterocycles. The topological polar surface area (TPSA) is 55.8 Å². The second kappa shape index (κ2) is 8.74. The van der Waals surface area contributed by atoms with Crippen molar-refractivity contribution in [2.24, 2.45) is 11.8 Å². The van der Waals surface area contributed by atoms with E-state index in [0.29, 0.717) is 6.42 Å². The lowest BCUT2D eigenvalue weighted by molar-refractivity contribution is -0.397. The monoisotopic (exact) mass is 300 g/mol. The minimum Gasteiger partial charge on any atom is -0.481 e. The molecule has 1 saturated carbocycles. The summed E-state index contributed by atoms with van der Waals surface area (Å²) in [6, 6.07) is 0. The standard InChI is InChI=1S/C17H32O4/c1-5-6-12-15(16(18)19)17(4,21-20-13(2)3)14-10-8-7-9-11-14/h13-15H,5-12H2,1-4H3,(H,18,19). The minimum absolute atomic E-state index is 0.0615. The quantitative estimate of drug-likeness (QED) is 0.500. The molecule has 1 rings (SSSR count). The van der Waals surface area contributed by atoms with Crippen LogP contribution in [-0.2, 0) is 14.6 Å². The number of unbranched alkanes of at least 4 members (excludes halogenated alkanes) is 1. The maximum absolute atomic E-state index is 11.8. The molecule has 0 heterocycles. The Kier molecular flexibility index (Phi) is 7.67. The first-order chi connectivity index (χ1) is 9.91. The highest BCUT2D eigenvalue weighted by Crippen LogP contribution is 2.42. The highest BCUT2D eigenvalue weighted by Gasteiger charge is 2.47. The van der Waals surface area contributed by atoms with Crippen molar-refractivity contribution in [3.05, 3.63) is 0 Å². The van der Waals surface area contributed by atoms with E-state index in [0.717, 1.165) is 38.5 Å². The van der Waals surface area contributed by atoms with Crippen LogP contribution >= 0.6 is 0 Å². The van der Waals surface area contributed by atoms with E-state index in [9.17, 15) is 9.90 Å². The summed E-state index contributed by atoms with van der Waals surface area (Å²) in [5.41, 5.74) is -0.730. The van der Waals surface area contributed by atoms with Crippen molar-refractivity contribution in [3.63, 3.8) is 0 Å². The number of carbonyl (C=O) groups is 1. The van der Waals surface area contributed by atoms with E-state index in [4.69, 9.17) is 9.78 Å². The lowest BCUT2D eigenvalue weighted by atomic mass is 9.70. The largest absolute Gasteiger partial charge is 0.481 e. The Hall–Kier alpha value is -0.610. The van der Waals surface area contributed by atoms with Gasteiger partial charge in [-0.3, -0.25) is 4.79 Å². The summed E-state index contributed by atoms with van der Waals surface area (Å²) < 4.78 is 0. The summed E-state index contributed by atoms with van der Waals surface area (Å²) in [7, 11) is 0. The fourth-order valence-electron chi connectivity index (χ4n) is 3.35. The Morgan fingerprint density at radius 3 is 2.38 bits per heavy atom. The van der Waals surface area contributed by atoms with Gasteiger partial charge in [0.05, 0.1) is 12.0 Å². The molecule has 21 heavy (non-hydrogen) atoms. The lowest BCUT2D eigenvalue weighted by Gasteiger charge is -2.42. The van der Waals surface area contributed by atoms with E-state index in [1.54, 1.807) is 0 Å². The van der Waals surface area contributed by atoms with Crippen LogP contribution in [0.25, 0.3) is 0 Å².